The standard InChI is InChI=1S/C16H12BrF3O/c17-13-8-6-12(7-9-13)15(21)10-14(16(18,19)20)11-4-2-1-3-5-11/h1-9,14H,10H2/t14-/m1/s1. The number of carbonyl (C=O) groups excluding carboxylic acids is 1. The van der Waals surface area contributed by atoms with Crippen LogP contribution < -0.4 is 0 Å². The van der Waals surface area contributed by atoms with Crippen molar-refractivity contribution in [2.24, 2.45) is 0 Å². The normalized spacial score (nSPS) is 13.0. The van der Waals surface area contributed by atoms with E-state index in [9.17, 15) is 18.0 Å². The highest BCUT2D eigenvalue weighted by atomic mass is 79.9. The first-order valence-corrected chi connectivity index (χ1v) is 7.07. The molecule has 5 heteroatoms. The van der Waals surface area contributed by atoms with Gasteiger partial charge in [-0.2, -0.15) is 13.2 Å². The fraction of sp³-hybridized carbons (Fsp3) is 0.188. The Morgan fingerprint density at radius 3 is 2.10 bits per heavy atom. The summed E-state index contributed by atoms with van der Waals surface area (Å²) in [6, 6.07) is 13.8. The quantitative estimate of drug-likeness (QED) is 0.673. The van der Waals surface area contributed by atoms with E-state index in [4.69, 9.17) is 0 Å². The van der Waals surface area contributed by atoms with Crippen molar-refractivity contribution in [2.45, 2.75) is 18.5 Å². The van der Waals surface area contributed by atoms with Gasteiger partial charge in [0.25, 0.3) is 0 Å². The second-order valence-corrected chi connectivity index (χ2v) is 5.55. The molecule has 0 spiro atoms. The molecule has 0 radical (unpaired) electrons. The third-order valence-electron chi connectivity index (χ3n) is 3.15. The first kappa shape index (κ1) is 15.8. The van der Waals surface area contributed by atoms with Gasteiger partial charge >= 0.3 is 6.18 Å². The predicted molar refractivity (Wildman–Crippen MR) is 78.3 cm³/mol. The number of hydrogen-bond donors (Lipinski definition) is 0. The smallest absolute Gasteiger partial charge is 0.294 e. The predicted octanol–water partition coefficient (Wildman–Crippen LogP) is 5.37. The Morgan fingerprint density at radius 2 is 1.57 bits per heavy atom. The molecule has 0 aromatic heterocycles. The fourth-order valence-corrected chi connectivity index (χ4v) is 2.31. The van der Waals surface area contributed by atoms with Crippen LogP contribution in [0.15, 0.2) is 59.1 Å². The van der Waals surface area contributed by atoms with Crippen LogP contribution in [-0.4, -0.2) is 12.0 Å². The lowest BCUT2D eigenvalue weighted by molar-refractivity contribution is -0.149. The molecule has 1 nitrogen and oxygen atoms in total. The van der Waals surface area contributed by atoms with E-state index in [0.29, 0.717) is 0 Å². The SMILES string of the molecule is O=C(C[C@H](c1ccccc1)C(F)(F)F)c1ccc(Br)cc1. The van der Waals surface area contributed by atoms with E-state index in [0.717, 1.165) is 4.47 Å². The van der Waals surface area contributed by atoms with Crippen LogP contribution in [0.4, 0.5) is 13.2 Å². The largest absolute Gasteiger partial charge is 0.396 e. The summed E-state index contributed by atoms with van der Waals surface area (Å²) in [5.74, 6) is -2.30. The molecule has 2 rings (SSSR count). The summed E-state index contributed by atoms with van der Waals surface area (Å²) < 4.78 is 40.3. The van der Waals surface area contributed by atoms with E-state index in [1.807, 2.05) is 0 Å². The summed E-state index contributed by atoms with van der Waals surface area (Å²) in [5, 5.41) is 0. The molecule has 0 N–H and O–H groups in total. The van der Waals surface area contributed by atoms with Gasteiger partial charge in [0.05, 0.1) is 5.92 Å². The Morgan fingerprint density at radius 1 is 1.00 bits per heavy atom. The molecule has 0 saturated carbocycles. The zero-order chi connectivity index (χ0) is 15.5. The van der Waals surface area contributed by atoms with Crippen LogP contribution in [0.5, 0.6) is 0 Å². The second-order valence-electron chi connectivity index (χ2n) is 4.64. The fourth-order valence-electron chi connectivity index (χ4n) is 2.05. The molecule has 0 unspecified atom stereocenters. The number of Topliss-reactive ketones (excluding diaryl/α,β-unsaturated/α-hetero) is 1. The first-order valence-electron chi connectivity index (χ1n) is 6.28. The summed E-state index contributed by atoms with van der Waals surface area (Å²) in [6.07, 6.45) is -5.04. The molecule has 2 aromatic carbocycles. The van der Waals surface area contributed by atoms with Gasteiger partial charge in [0, 0.05) is 16.5 Å². The Bertz CT molecular complexity index is 606. The summed E-state index contributed by atoms with van der Waals surface area (Å²) in [5.41, 5.74) is 0.388. The zero-order valence-electron chi connectivity index (χ0n) is 10.9. The van der Waals surface area contributed by atoms with E-state index in [1.54, 1.807) is 18.2 Å². The molecular weight excluding hydrogens is 345 g/mol. The molecule has 2 aromatic rings. The molecule has 0 aliphatic rings. The van der Waals surface area contributed by atoms with Crippen molar-refractivity contribution in [3.05, 3.63) is 70.2 Å². The van der Waals surface area contributed by atoms with Crippen molar-refractivity contribution in [2.75, 3.05) is 0 Å². The van der Waals surface area contributed by atoms with Gasteiger partial charge in [-0.05, 0) is 17.7 Å². The van der Waals surface area contributed by atoms with Gasteiger partial charge in [0.1, 0.15) is 0 Å². The van der Waals surface area contributed by atoms with Crippen LogP contribution >= 0.6 is 15.9 Å². The molecule has 0 fully saturated rings. The Labute approximate surface area is 128 Å². The highest BCUT2D eigenvalue weighted by Crippen LogP contribution is 2.38. The van der Waals surface area contributed by atoms with E-state index in [1.165, 1.54) is 36.4 Å². The van der Waals surface area contributed by atoms with Gasteiger partial charge in [-0.1, -0.05) is 58.4 Å². The van der Waals surface area contributed by atoms with Gasteiger partial charge < -0.3 is 0 Å². The maximum atomic E-state index is 13.2. The van der Waals surface area contributed by atoms with Gasteiger partial charge in [0.15, 0.2) is 5.78 Å². The number of ketones is 1. The van der Waals surface area contributed by atoms with E-state index in [2.05, 4.69) is 15.9 Å². The highest BCUT2D eigenvalue weighted by Gasteiger charge is 2.41. The Kier molecular flexibility index (Phi) is 4.83. The van der Waals surface area contributed by atoms with Crippen molar-refractivity contribution in [3.8, 4) is 0 Å². The Balaban J connectivity index is 2.24. The van der Waals surface area contributed by atoms with Gasteiger partial charge in [-0.3, -0.25) is 4.79 Å². The minimum Gasteiger partial charge on any atom is -0.294 e. The number of carbonyl (C=O) groups is 1. The topological polar surface area (TPSA) is 17.1 Å². The summed E-state index contributed by atoms with van der Waals surface area (Å²) in [7, 11) is 0. The average Bonchev–Trinajstić information content (AvgIpc) is 2.45. The van der Waals surface area contributed by atoms with Crippen LogP contribution in [0, 0.1) is 0 Å². The van der Waals surface area contributed by atoms with Crippen LogP contribution in [0.2, 0.25) is 0 Å². The lowest BCUT2D eigenvalue weighted by Crippen LogP contribution is -2.23. The molecule has 110 valence electrons. The molecule has 0 aliphatic heterocycles. The van der Waals surface area contributed by atoms with Crippen molar-refractivity contribution >= 4 is 21.7 Å². The van der Waals surface area contributed by atoms with Crippen molar-refractivity contribution in [1.82, 2.24) is 0 Å². The van der Waals surface area contributed by atoms with Gasteiger partial charge in [0.2, 0.25) is 0 Å². The molecule has 0 heterocycles. The molecular formula is C16H12BrF3O. The van der Waals surface area contributed by atoms with E-state index in [-0.39, 0.29) is 11.1 Å². The number of hydrogen-bond acceptors (Lipinski definition) is 1. The molecule has 21 heavy (non-hydrogen) atoms. The van der Waals surface area contributed by atoms with Crippen LogP contribution in [0.1, 0.15) is 28.3 Å². The molecule has 0 bridgehead atoms. The lowest BCUT2D eigenvalue weighted by Gasteiger charge is -2.20. The minimum absolute atomic E-state index is 0.107. The second kappa shape index (κ2) is 6.43. The Hall–Kier alpha value is -1.62. The zero-order valence-corrected chi connectivity index (χ0v) is 12.5. The molecule has 0 saturated heterocycles. The minimum atomic E-state index is -4.45. The number of benzene rings is 2. The summed E-state index contributed by atoms with van der Waals surface area (Å²) in [6.45, 7) is 0. The van der Waals surface area contributed by atoms with Crippen molar-refractivity contribution in [3.63, 3.8) is 0 Å². The van der Waals surface area contributed by atoms with Crippen LogP contribution in [0.25, 0.3) is 0 Å². The number of alkyl halides is 3. The van der Waals surface area contributed by atoms with Gasteiger partial charge in [-0.15, -0.1) is 0 Å². The van der Waals surface area contributed by atoms with E-state index >= 15 is 0 Å². The first-order chi connectivity index (χ1) is 9.88. The van der Waals surface area contributed by atoms with Gasteiger partial charge in [-0.25, -0.2) is 0 Å². The third-order valence-corrected chi connectivity index (χ3v) is 3.68. The summed E-state index contributed by atoms with van der Waals surface area (Å²) in [4.78, 5) is 12.1. The van der Waals surface area contributed by atoms with Crippen molar-refractivity contribution < 1.29 is 18.0 Å². The lowest BCUT2D eigenvalue weighted by atomic mass is 9.91. The van der Waals surface area contributed by atoms with Crippen molar-refractivity contribution in [1.29, 1.82) is 0 Å². The molecule has 0 aliphatic carbocycles. The maximum absolute atomic E-state index is 13.2. The summed E-state index contributed by atoms with van der Waals surface area (Å²) >= 11 is 3.22. The highest BCUT2D eigenvalue weighted by molar-refractivity contribution is 9.10. The number of halogens is 4. The average molecular weight is 357 g/mol. The van der Waals surface area contributed by atoms with E-state index < -0.39 is 24.3 Å². The molecule has 1 atom stereocenters. The third kappa shape index (κ3) is 4.17. The van der Waals surface area contributed by atoms with Crippen LogP contribution in [0.3, 0.4) is 0 Å². The molecule has 0 amide bonds. The number of rotatable bonds is 4. The maximum Gasteiger partial charge on any atom is 0.396 e. The monoisotopic (exact) mass is 356 g/mol. The van der Waals surface area contributed by atoms with Crippen LogP contribution in [-0.2, 0) is 0 Å².